The van der Waals surface area contributed by atoms with Gasteiger partial charge in [-0.2, -0.15) is 0 Å². The summed E-state index contributed by atoms with van der Waals surface area (Å²) in [5.41, 5.74) is 0.388. The fourth-order valence-corrected chi connectivity index (χ4v) is 0.258. The van der Waals surface area contributed by atoms with Crippen LogP contribution in [0, 0.1) is 0 Å². The first kappa shape index (κ1) is 16.0. The van der Waals surface area contributed by atoms with E-state index in [4.69, 9.17) is 10.2 Å². The molecule has 0 aromatic rings. The molecule has 5 nitrogen and oxygen atoms in total. The third-order valence-electron chi connectivity index (χ3n) is 0.982. The van der Waals surface area contributed by atoms with E-state index in [9.17, 15) is 9.59 Å². The number of hydrogen-bond donors (Lipinski definition) is 2. The Morgan fingerprint density at radius 2 is 1.27 bits per heavy atom. The molecule has 0 saturated carbocycles. The predicted molar refractivity (Wildman–Crippen MR) is 54.9 cm³/mol. The maximum Gasteiger partial charge on any atom is 0.340 e. The minimum Gasteiger partial charge on any atom is -0.394 e. The topological polar surface area (TPSA) is 83.8 Å². The van der Waals surface area contributed by atoms with Crippen LogP contribution < -0.4 is 0 Å². The van der Waals surface area contributed by atoms with Crippen LogP contribution in [0.4, 0.5) is 0 Å². The zero-order chi connectivity index (χ0) is 12.4. The normalized spacial score (nSPS) is 8.27. The largest absolute Gasteiger partial charge is 0.394 e. The zero-order valence-corrected chi connectivity index (χ0v) is 8.95. The fraction of sp³-hybridized carbons (Fsp3) is 0.400. The van der Waals surface area contributed by atoms with Crippen molar-refractivity contribution >= 4 is 11.9 Å². The molecule has 0 aliphatic carbocycles. The van der Waals surface area contributed by atoms with Crippen LogP contribution in [0.5, 0.6) is 0 Å². The smallest absolute Gasteiger partial charge is 0.340 e. The molecule has 0 aliphatic rings. The average molecular weight is 216 g/mol. The molecule has 5 heteroatoms. The molecule has 0 radical (unpaired) electrons. The molecule has 0 aromatic carbocycles. The summed E-state index contributed by atoms with van der Waals surface area (Å²) in [5.74, 6) is -1.42. The van der Waals surface area contributed by atoms with Crippen LogP contribution in [-0.4, -0.2) is 35.4 Å². The number of carbonyl (C=O) groups is 2. The van der Waals surface area contributed by atoms with Crippen LogP contribution in [0.3, 0.4) is 0 Å². The van der Waals surface area contributed by atoms with Gasteiger partial charge in [-0.3, -0.25) is 0 Å². The van der Waals surface area contributed by atoms with E-state index in [0.717, 1.165) is 0 Å². The average Bonchev–Trinajstić information content (AvgIpc) is 2.17. The van der Waals surface area contributed by atoms with Gasteiger partial charge in [0.2, 0.25) is 0 Å². The van der Waals surface area contributed by atoms with Crippen LogP contribution in [-0.2, 0) is 14.3 Å². The predicted octanol–water partition coefficient (Wildman–Crippen LogP) is 0.179. The zero-order valence-electron chi connectivity index (χ0n) is 8.95. The number of hydrogen-bond acceptors (Lipinski definition) is 5. The second kappa shape index (κ2) is 9.11. The molecule has 0 amide bonds. The number of aliphatic hydroxyl groups is 2. The van der Waals surface area contributed by atoms with Crippen molar-refractivity contribution in [2.75, 3.05) is 13.2 Å². The lowest BCUT2D eigenvalue weighted by molar-refractivity contribution is -0.153. The van der Waals surface area contributed by atoms with Crippen LogP contribution in [0.2, 0.25) is 0 Å². The van der Waals surface area contributed by atoms with Crippen molar-refractivity contribution in [3.05, 3.63) is 24.3 Å². The lowest BCUT2D eigenvalue weighted by atomic mass is 10.3. The summed E-state index contributed by atoms with van der Waals surface area (Å²) in [5, 5.41) is 15.2. The molecule has 0 spiro atoms. The fourth-order valence-electron chi connectivity index (χ4n) is 0.258. The van der Waals surface area contributed by atoms with Crippen LogP contribution in [0.15, 0.2) is 24.3 Å². The third-order valence-corrected chi connectivity index (χ3v) is 0.982. The first-order valence-corrected chi connectivity index (χ1v) is 4.16. The summed E-state index contributed by atoms with van der Waals surface area (Å²) in [4.78, 5) is 21.3. The Labute approximate surface area is 88.7 Å². The van der Waals surface area contributed by atoms with Gasteiger partial charge in [-0.25, -0.2) is 9.59 Å². The van der Waals surface area contributed by atoms with Gasteiger partial charge >= 0.3 is 11.9 Å². The SMILES string of the molecule is C=C(C)C(=O)OC(=O)C(=C)C.OCCO. The molecule has 86 valence electrons. The van der Waals surface area contributed by atoms with E-state index in [1.54, 1.807) is 0 Å². The van der Waals surface area contributed by atoms with Gasteiger partial charge in [0.1, 0.15) is 0 Å². The van der Waals surface area contributed by atoms with E-state index in [0.29, 0.717) is 0 Å². The standard InChI is InChI=1S/C8H10O3.C2H6O2/c1-5(2)7(9)11-8(10)6(3)4;3-1-2-4/h1,3H2,2,4H3;3-4H,1-2H2. The Morgan fingerprint density at radius 3 is 1.40 bits per heavy atom. The quantitative estimate of drug-likeness (QED) is 0.399. The minimum absolute atomic E-state index is 0.125. The highest BCUT2D eigenvalue weighted by molar-refractivity contribution is 6.00. The first-order valence-electron chi connectivity index (χ1n) is 4.16. The van der Waals surface area contributed by atoms with Crippen molar-refractivity contribution in [2.24, 2.45) is 0 Å². The van der Waals surface area contributed by atoms with Gasteiger partial charge in [0.25, 0.3) is 0 Å². The Bertz CT molecular complexity index is 229. The van der Waals surface area contributed by atoms with Crippen LogP contribution in [0.1, 0.15) is 13.8 Å². The molecule has 0 fully saturated rings. The molecule has 0 heterocycles. The maximum absolute atomic E-state index is 10.7. The lowest BCUT2D eigenvalue weighted by Gasteiger charge is -1.99. The van der Waals surface area contributed by atoms with Crippen molar-refractivity contribution in [3.63, 3.8) is 0 Å². The number of rotatable bonds is 3. The maximum atomic E-state index is 10.7. The van der Waals surface area contributed by atoms with Crippen molar-refractivity contribution in [3.8, 4) is 0 Å². The molecule has 0 atom stereocenters. The van der Waals surface area contributed by atoms with Crippen LogP contribution in [0.25, 0.3) is 0 Å². The van der Waals surface area contributed by atoms with Crippen molar-refractivity contribution in [2.45, 2.75) is 13.8 Å². The van der Waals surface area contributed by atoms with Gasteiger partial charge in [-0.05, 0) is 13.8 Å². The summed E-state index contributed by atoms with van der Waals surface area (Å²) < 4.78 is 4.30. The molecule has 0 bridgehead atoms. The monoisotopic (exact) mass is 216 g/mol. The summed E-state index contributed by atoms with van der Waals surface area (Å²) in [6, 6.07) is 0. The Morgan fingerprint density at radius 1 is 1.00 bits per heavy atom. The van der Waals surface area contributed by atoms with E-state index in [1.807, 2.05) is 0 Å². The first-order chi connectivity index (χ1) is 6.86. The summed E-state index contributed by atoms with van der Waals surface area (Å²) in [6.45, 7) is 9.30. The van der Waals surface area contributed by atoms with Gasteiger partial charge in [0, 0.05) is 11.1 Å². The molecule has 0 rings (SSSR count). The summed E-state index contributed by atoms with van der Waals surface area (Å²) in [7, 11) is 0. The molecule has 0 unspecified atom stereocenters. The van der Waals surface area contributed by atoms with Gasteiger partial charge in [-0.15, -0.1) is 0 Å². The Balaban J connectivity index is 0. The van der Waals surface area contributed by atoms with Crippen molar-refractivity contribution in [1.82, 2.24) is 0 Å². The Hall–Kier alpha value is -1.46. The highest BCUT2D eigenvalue weighted by Gasteiger charge is 2.10. The van der Waals surface area contributed by atoms with Crippen LogP contribution >= 0.6 is 0 Å². The molecule has 15 heavy (non-hydrogen) atoms. The highest BCUT2D eigenvalue weighted by Crippen LogP contribution is 1.97. The van der Waals surface area contributed by atoms with E-state index in [-0.39, 0.29) is 24.4 Å². The number of carbonyl (C=O) groups excluding carboxylic acids is 2. The van der Waals surface area contributed by atoms with Gasteiger partial charge < -0.3 is 14.9 Å². The van der Waals surface area contributed by atoms with Gasteiger partial charge in [-0.1, -0.05) is 13.2 Å². The third kappa shape index (κ3) is 10.5. The molecule has 2 N–H and O–H groups in total. The molecule has 0 aromatic heterocycles. The van der Waals surface area contributed by atoms with E-state index in [1.165, 1.54) is 13.8 Å². The van der Waals surface area contributed by atoms with Gasteiger partial charge in [0.15, 0.2) is 0 Å². The second-order valence-electron chi connectivity index (χ2n) is 2.68. The molecule has 0 aliphatic heterocycles. The van der Waals surface area contributed by atoms with E-state index >= 15 is 0 Å². The molecule has 0 saturated heterocycles. The minimum atomic E-state index is -0.710. The Kier molecular flexibility index (Phi) is 9.71. The van der Waals surface area contributed by atoms with Crippen molar-refractivity contribution in [1.29, 1.82) is 0 Å². The number of ether oxygens (including phenoxy) is 1. The summed E-state index contributed by atoms with van der Waals surface area (Å²) >= 11 is 0. The number of esters is 2. The number of aliphatic hydroxyl groups excluding tert-OH is 2. The molecular formula is C10H16O5. The molecular weight excluding hydrogens is 200 g/mol. The lowest BCUT2D eigenvalue weighted by Crippen LogP contribution is -2.12. The van der Waals surface area contributed by atoms with Gasteiger partial charge in [0.05, 0.1) is 13.2 Å². The highest BCUT2D eigenvalue weighted by atomic mass is 16.6. The van der Waals surface area contributed by atoms with E-state index < -0.39 is 11.9 Å². The van der Waals surface area contributed by atoms with E-state index in [2.05, 4.69) is 17.9 Å². The summed E-state index contributed by atoms with van der Waals surface area (Å²) in [6.07, 6.45) is 0. The van der Waals surface area contributed by atoms with Crippen molar-refractivity contribution < 1.29 is 24.5 Å². The second-order valence-corrected chi connectivity index (χ2v) is 2.68.